The Kier molecular flexibility index (Phi) is 4.33. The minimum absolute atomic E-state index is 0.150. The van der Waals surface area contributed by atoms with Gasteiger partial charge in [0.05, 0.1) is 6.04 Å². The molecule has 0 saturated heterocycles. The van der Waals surface area contributed by atoms with Gasteiger partial charge in [-0.1, -0.05) is 13.0 Å². The molecule has 0 aliphatic rings. The molecule has 3 N–H and O–H groups in total. The first-order valence-corrected chi connectivity index (χ1v) is 7.09. The third-order valence-electron chi connectivity index (χ3n) is 2.82. The first-order valence-electron chi connectivity index (χ1n) is 6.21. The predicted octanol–water partition coefficient (Wildman–Crippen LogP) is 3.12. The molecule has 2 heterocycles. The minimum atomic E-state index is 0.150. The van der Waals surface area contributed by atoms with Gasteiger partial charge in [-0.3, -0.25) is 0 Å². The Morgan fingerprint density at radius 3 is 3.00 bits per heavy atom. The fraction of sp³-hybridized carbons (Fsp3) is 0.357. The number of nitrogens with one attached hydrogen (secondary N) is 1. The Morgan fingerprint density at radius 2 is 2.33 bits per heavy atom. The molecule has 0 bridgehead atoms. The van der Waals surface area contributed by atoms with E-state index in [0.29, 0.717) is 5.82 Å². The summed E-state index contributed by atoms with van der Waals surface area (Å²) in [5.41, 5.74) is 8.23. The Hall–Kier alpha value is -1.39. The largest absolute Gasteiger partial charge is 0.383 e. The Bertz CT molecular complexity index is 494. The topological polar surface area (TPSA) is 50.9 Å². The summed E-state index contributed by atoms with van der Waals surface area (Å²) in [5, 5.41) is 5.64. The molecule has 0 radical (unpaired) electrons. The SMILES string of the molecule is CCCNC(c1cccs1)c1cc(C)cnc1N. The molecule has 96 valence electrons. The van der Waals surface area contributed by atoms with Crippen molar-refractivity contribution in [2.75, 3.05) is 12.3 Å². The first-order chi connectivity index (χ1) is 8.72. The summed E-state index contributed by atoms with van der Waals surface area (Å²) in [7, 11) is 0. The second-order valence-electron chi connectivity index (χ2n) is 4.39. The highest BCUT2D eigenvalue weighted by Gasteiger charge is 2.17. The zero-order valence-corrected chi connectivity index (χ0v) is 11.6. The first kappa shape index (κ1) is 13.1. The van der Waals surface area contributed by atoms with Crippen LogP contribution in [-0.2, 0) is 0 Å². The second kappa shape index (κ2) is 5.98. The number of anilines is 1. The van der Waals surface area contributed by atoms with E-state index < -0.39 is 0 Å². The van der Waals surface area contributed by atoms with E-state index in [1.807, 2.05) is 13.1 Å². The van der Waals surface area contributed by atoms with E-state index in [4.69, 9.17) is 5.73 Å². The van der Waals surface area contributed by atoms with Gasteiger partial charge in [0.25, 0.3) is 0 Å². The zero-order chi connectivity index (χ0) is 13.0. The number of hydrogen-bond acceptors (Lipinski definition) is 4. The molecule has 0 aliphatic heterocycles. The van der Waals surface area contributed by atoms with Gasteiger partial charge in [-0.05, 0) is 43.0 Å². The molecular weight excluding hydrogens is 242 g/mol. The van der Waals surface area contributed by atoms with Crippen LogP contribution in [0.15, 0.2) is 29.8 Å². The lowest BCUT2D eigenvalue weighted by atomic mass is 10.0. The standard InChI is InChI=1S/C14H19N3S/c1-3-6-16-13(12-5-4-7-18-12)11-8-10(2)9-17-14(11)15/h4-5,7-9,13,16H,3,6H2,1-2H3,(H2,15,17). The van der Waals surface area contributed by atoms with Gasteiger partial charge >= 0.3 is 0 Å². The summed E-state index contributed by atoms with van der Waals surface area (Å²) < 4.78 is 0. The van der Waals surface area contributed by atoms with Crippen LogP contribution < -0.4 is 11.1 Å². The molecule has 1 unspecified atom stereocenters. The van der Waals surface area contributed by atoms with E-state index in [2.05, 4.69) is 40.8 Å². The van der Waals surface area contributed by atoms with Crippen molar-refractivity contribution in [3.63, 3.8) is 0 Å². The summed E-state index contributed by atoms with van der Waals surface area (Å²) in [5.74, 6) is 0.614. The molecule has 1 atom stereocenters. The quantitative estimate of drug-likeness (QED) is 0.869. The average Bonchev–Trinajstić information content (AvgIpc) is 2.88. The monoisotopic (exact) mass is 261 g/mol. The number of thiophene rings is 1. The van der Waals surface area contributed by atoms with Crippen molar-refractivity contribution >= 4 is 17.2 Å². The average molecular weight is 261 g/mol. The molecule has 2 aromatic rings. The van der Waals surface area contributed by atoms with E-state index in [0.717, 1.165) is 24.1 Å². The van der Waals surface area contributed by atoms with E-state index in [1.54, 1.807) is 11.3 Å². The van der Waals surface area contributed by atoms with Gasteiger partial charge in [-0.2, -0.15) is 0 Å². The van der Waals surface area contributed by atoms with Crippen LogP contribution in [0, 0.1) is 6.92 Å². The lowest BCUT2D eigenvalue weighted by molar-refractivity contribution is 0.605. The molecule has 4 heteroatoms. The van der Waals surface area contributed by atoms with Crippen LogP contribution in [0.3, 0.4) is 0 Å². The fourth-order valence-electron chi connectivity index (χ4n) is 1.94. The highest BCUT2D eigenvalue weighted by atomic mass is 32.1. The van der Waals surface area contributed by atoms with Crippen LogP contribution in [0.4, 0.5) is 5.82 Å². The van der Waals surface area contributed by atoms with Crippen molar-refractivity contribution in [1.29, 1.82) is 0 Å². The summed E-state index contributed by atoms with van der Waals surface area (Å²) in [6.07, 6.45) is 2.91. The molecule has 0 amide bonds. The summed E-state index contributed by atoms with van der Waals surface area (Å²) in [4.78, 5) is 5.54. The van der Waals surface area contributed by atoms with Crippen molar-refractivity contribution in [3.8, 4) is 0 Å². The number of nitrogens with zero attached hydrogens (tertiary/aromatic N) is 1. The van der Waals surface area contributed by atoms with Gasteiger partial charge in [-0.25, -0.2) is 4.98 Å². The molecular formula is C14H19N3S. The Balaban J connectivity index is 2.36. The highest BCUT2D eigenvalue weighted by Crippen LogP contribution is 2.29. The van der Waals surface area contributed by atoms with Crippen molar-refractivity contribution in [1.82, 2.24) is 10.3 Å². The number of rotatable bonds is 5. The van der Waals surface area contributed by atoms with Gasteiger partial charge in [-0.15, -0.1) is 11.3 Å². The van der Waals surface area contributed by atoms with Crippen LogP contribution in [0.2, 0.25) is 0 Å². The van der Waals surface area contributed by atoms with E-state index in [9.17, 15) is 0 Å². The molecule has 2 aromatic heterocycles. The second-order valence-corrected chi connectivity index (χ2v) is 5.37. The number of aromatic nitrogens is 1. The van der Waals surface area contributed by atoms with Crippen LogP contribution in [-0.4, -0.2) is 11.5 Å². The fourth-order valence-corrected chi connectivity index (χ4v) is 2.76. The van der Waals surface area contributed by atoms with Gasteiger partial charge in [0.1, 0.15) is 5.82 Å². The van der Waals surface area contributed by atoms with Gasteiger partial charge in [0.2, 0.25) is 0 Å². The normalized spacial score (nSPS) is 12.6. The lowest BCUT2D eigenvalue weighted by Gasteiger charge is -2.19. The van der Waals surface area contributed by atoms with Gasteiger partial charge in [0.15, 0.2) is 0 Å². The van der Waals surface area contributed by atoms with E-state index in [-0.39, 0.29) is 6.04 Å². The molecule has 0 aromatic carbocycles. The number of nitrogens with two attached hydrogens (primary N) is 1. The molecule has 0 saturated carbocycles. The van der Waals surface area contributed by atoms with Crippen molar-refractivity contribution in [2.24, 2.45) is 0 Å². The Morgan fingerprint density at radius 1 is 1.50 bits per heavy atom. The highest BCUT2D eigenvalue weighted by molar-refractivity contribution is 7.10. The maximum absolute atomic E-state index is 6.02. The lowest BCUT2D eigenvalue weighted by Crippen LogP contribution is -2.23. The summed E-state index contributed by atoms with van der Waals surface area (Å²) in [6, 6.07) is 6.48. The molecule has 3 nitrogen and oxygen atoms in total. The third kappa shape index (κ3) is 2.89. The van der Waals surface area contributed by atoms with Crippen molar-refractivity contribution in [3.05, 3.63) is 45.8 Å². The smallest absolute Gasteiger partial charge is 0.128 e. The minimum Gasteiger partial charge on any atom is -0.383 e. The predicted molar refractivity (Wildman–Crippen MR) is 77.8 cm³/mol. The number of aryl methyl sites for hydroxylation is 1. The van der Waals surface area contributed by atoms with Crippen LogP contribution >= 0.6 is 11.3 Å². The zero-order valence-electron chi connectivity index (χ0n) is 10.8. The number of nitrogen functional groups attached to an aromatic ring is 1. The Labute approximate surface area is 112 Å². The molecule has 0 aliphatic carbocycles. The maximum atomic E-state index is 6.02. The van der Waals surface area contributed by atoms with Crippen molar-refractivity contribution in [2.45, 2.75) is 26.3 Å². The van der Waals surface area contributed by atoms with Crippen molar-refractivity contribution < 1.29 is 0 Å². The van der Waals surface area contributed by atoms with Gasteiger partial charge < -0.3 is 11.1 Å². The van der Waals surface area contributed by atoms with Crippen LogP contribution in [0.25, 0.3) is 0 Å². The molecule has 2 rings (SSSR count). The molecule has 18 heavy (non-hydrogen) atoms. The summed E-state index contributed by atoms with van der Waals surface area (Å²) in [6.45, 7) is 5.17. The van der Waals surface area contributed by atoms with Crippen LogP contribution in [0.5, 0.6) is 0 Å². The van der Waals surface area contributed by atoms with E-state index >= 15 is 0 Å². The van der Waals surface area contributed by atoms with E-state index in [1.165, 1.54) is 4.88 Å². The number of hydrogen-bond donors (Lipinski definition) is 2. The summed E-state index contributed by atoms with van der Waals surface area (Å²) >= 11 is 1.75. The number of pyridine rings is 1. The maximum Gasteiger partial charge on any atom is 0.128 e. The van der Waals surface area contributed by atoms with Crippen LogP contribution in [0.1, 0.15) is 35.4 Å². The third-order valence-corrected chi connectivity index (χ3v) is 3.76. The molecule has 0 fully saturated rings. The van der Waals surface area contributed by atoms with Gasteiger partial charge in [0, 0.05) is 16.6 Å². The molecule has 0 spiro atoms.